The van der Waals surface area contributed by atoms with Crippen molar-refractivity contribution < 1.29 is 14.7 Å². The fourth-order valence-electron chi connectivity index (χ4n) is 2.28. The molecule has 0 radical (unpaired) electrons. The van der Waals surface area contributed by atoms with Crippen molar-refractivity contribution in [2.45, 2.75) is 25.3 Å². The Hall–Kier alpha value is -2.70. The minimum Gasteiger partial charge on any atom is -0.478 e. The van der Waals surface area contributed by atoms with Gasteiger partial charge in [0.15, 0.2) is 0 Å². The van der Waals surface area contributed by atoms with Crippen LogP contribution in [0.15, 0.2) is 30.6 Å². The second kappa shape index (κ2) is 5.97. The van der Waals surface area contributed by atoms with E-state index in [4.69, 9.17) is 5.11 Å². The number of carboxylic acids is 1. The zero-order valence-electron chi connectivity index (χ0n) is 11.9. The highest BCUT2D eigenvalue weighted by molar-refractivity contribution is 5.97. The van der Waals surface area contributed by atoms with Crippen LogP contribution in [0.1, 0.15) is 45.3 Å². The number of carbonyl (C=O) groups excluding carboxylic acids is 1. The van der Waals surface area contributed by atoms with Crippen LogP contribution in [0.4, 0.5) is 0 Å². The highest BCUT2D eigenvalue weighted by atomic mass is 16.4. The first-order chi connectivity index (χ1) is 10.6. The van der Waals surface area contributed by atoms with Crippen molar-refractivity contribution in [2.24, 2.45) is 0 Å². The Morgan fingerprint density at radius 3 is 2.82 bits per heavy atom. The molecule has 1 aromatic heterocycles. The van der Waals surface area contributed by atoms with E-state index in [-0.39, 0.29) is 11.5 Å². The summed E-state index contributed by atoms with van der Waals surface area (Å²) >= 11 is 0. The Balaban J connectivity index is 1.57. The maximum Gasteiger partial charge on any atom is 0.335 e. The Morgan fingerprint density at radius 2 is 2.09 bits per heavy atom. The van der Waals surface area contributed by atoms with E-state index in [1.807, 2.05) is 4.57 Å². The normalized spacial score (nSPS) is 13.8. The van der Waals surface area contributed by atoms with Crippen LogP contribution in [0.3, 0.4) is 0 Å². The van der Waals surface area contributed by atoms with Gasteiger partial charge in [0, 0.05) is 24.6 Å². The van der Waals surface area contributed by atoms with Crippen LogP contribution in [-0.2, 0) is 6.54 Å². The maximum absolute atomic E-state index is 12.0. The number of benzene rings is 1. The monoisotopic (exact) mass is 300 g/mol. The van der Waals surface area contributed by atoms with Gasteiger partial charge in [-0.3, -0.25) is 4.79 Å². The molecule has 2 N–H and O–H groups in total. The molecule has 22 heavy (non-hydrogen) atoms. The highest BCUT2D eigenvalue weighted by Crippen LogP contribution is 2.38. The lowest BCUT2D eigenvalue weighted by molar-refractivity contribution is 0.0697. The Labute approximate surface area is 127 Å². The lowest BCUT2D eigenvalue weighted by Crippen LogP contribution is -2.27. The van der Waals surface area contributed by atoms with Crippen LogP contribution >= 0.6 is 0 Å². The number of amides is 1. The van der Waals surface area contributed by atoms with E-state index in [0.717, 1.165) is 18.7 Å². The molecule has 1 aliphatic carbocycles. The van der Waals surface area contributed by atoms with Crippen LogP contribution in [0.2, 0.25) is 0 Å². The van der Waals surface area contributed by atoms with Crippen LogP contribution in [0, 0.1) is 0 Å². The largest absolute Gasteiger partial charge is 0.478 e. The second-order valence-electron chi connectivity index (χ2n) is 5.30. The third-order valence-corrected chi connectivity index (χ3v) is 3.60. The number of hydrogen-bond acceptors (Lipinski definition) is 4. The molecule has 0 bridgehead atoms. The summed E-state index contributed by atoms with van der Waals surface area (Å²) < 4.78 is 1.95. The second-order valence-corrected chi connectivity index (χ2v) is 5.30. The van der Waals surface area contributed by atoms with E-state index >= 15 is 0 Å². The predicted molar refractivity (Wildman–Crippen MR) is 77.7 cm³/mol. The van der Waals surface area contributed by atoms with Gasteiger partial charge in [-0.15, -0.1) is 10.2 Å². The first-order valence-corrected chi connectivity index (χ1v) is 7.14. The van der Waals surface area contributed by atoms with Crippen molar-refractivity contribution in [1.82, 2.24) is 20.1 Å². The third kappa shape index (κ3) is 3.13. The van der Waals surface area contributed by atoms with E-state index < -0.39 is 5.97 Å². The lowest BCUT2D eigenvalue weighted by Gasteiger charge is -2.08. The van der Waals surface area contributed by atoms with E-state index in [9.17, 15) is 9.59 Å². The molecule has 2 aromatic rings. The maximum atomic E-state index is 12.0. The zero-order valence-corrected chi connectivity index (χ0v) is 11.9. The molecule has 3 rings (SSSR count). The number of nitrogens with one attached hydrogen (secondary N) is 1. The third-order valence-electron chi connectivity index (χ3n) is 3.60. The summed E-state index contributed by atoms with van der Waals surface area (Å²) in [4.78, 5) is 22.9. The average Bonchev–Trinajstić information content (AvgIpc) is 3.26. The van der Waals surface area contributed by atoms with Crippen LogP contribution < -0.4 is 5.32 Å². The minimum absolute atomic E-state index is 0.0995. The van der Waals surface area contributed by atoms with Gasteiger partial charge in [0.1, 0.15) is 12.2 Å². The van der Waals surface area contributed by atoms with Crippen LogP contribution in [-0.4, -0.2) is 38.3 Å². The predicted octanol–water partition coefficient (Wildman–Crippen LogP) is 1.28. The Kier molecular flexibility index (Phi) is 3.86. The number of aromatic carboxylic acids is 1. The van der Waals surface area contributed by atoms with Crippen molar-refractivity contribution >= 4 is 11.9 Å². The smallest absolute Gasteiger partial charge is 0.335 e. The number of carbonyl (C=O) groups is 2. The standard InChI is InChI=1S/C15H16N4O3/c20-14(11-2-1-3-12(8-11)15(21)22)16-6-7-19-9-17-18-13(19)10-4-5-10/h1-3,8-10H,4-7H2,(H,16,20)(H,21,22). The average molecular weight is 300 g/mol. The molecule has 0 unspecified atom stereocenters. The lowest BCUT2D eigenvalue weighted by atomic mass is 10.1. The molecule has 1 aromatic carbocycles. The van der Waals surface area contributed by atoms with Gasteiger partial charge in [-0.2, -0.15) is 0 Å². The van der Waals surface area contributed by atoms with Gasteiger partial charge >= 0.3 is 5.97 Å². The van der Waals surface area contributed by atoms with Crippen molar-refractivity contribution in [3.8, 4) is 0 Å². The number of carboxylic acid groups (broad SMARTS) is 1. The summed E-state index contributed by atoms with van der Waals surface area (Å²) in [5.74, 6) is 0.143. The van der Waals surface area contributed by atoms with Gasteiger partial charge in [-0.1, -0.05) is 6.07 Å². The molecule has 0 atom stereocenters. The molecule has 0 saturated heterocycles. The molecular weight excluding hydrogens is 284 g/mol. The molecular formula is C15H16N4O3. The summed E-state index contributed by atoms with van der Waals surface area (Å²) in [5, 5.41) is 19.7. The van der Waals surface area contributed by atoms with Crippen LogP contribution in [0.5, 0.6) is 0 Å². The van der Waals surface area contributed by atoms with Crippen molar-refractivity contribution in [2.75, 3.05) is 6.54 Å². The summed E-state index contributed by atoms with van der Waals surface area (Å²) in [6, 6.07) is 5.98. The summed E-state index contributed by atoms with van der Waals surface area (Å²) in [5.41, 5.74) is 0.438. The Bertz CT molecular complexity index is 706. The fraction of sp³-hybridized carbons (Fsp3) is 0.333. The minimum atomic E-state index is -1.05. The van der Waals surface area contributed by atoms with Crippen molar-refractivity contribution in [1.29, 1.82) is 0 Å². The topological polar surface area (TPSA) is 97.1 Å². The SMILES string of the molecule is O=C(O)c1cccc(C(=O)NCCn2cnnc2C2CC2)c1. The number of nitrogens with zero attached hydrogens (tertiary/aromatic N) is 3. The summed E-state index contributed by atoms with van der Waals surface area (Å²) in [6.45, 7) is 1.04. The van der Waals surface area contributed by atoms with E-state index in [1.54, 1.807) is 18.5 Å². The molecule has 1 amide bonds. The van der Waals surface area contributed by atoms with E-state index in [2.05, 4.69) is 15.5 Å². The molecule has 0 aliphatic heterocycles. The molecule has 1 aliphatic rings. The first kappa shape index (κ1) is 14.2. The van der Waals surface area contributed by atoms with Crippen molar-refractivity contribution in [3.05, 3.63) is 47.5 Å². The Morgan fingerprint density at radius 1 is 1.32 bits per heavy atom. The quantitative estimate of drug-likeness (QED) is 0.837. The molecule has 1 saturated carbocycles. The molecule has 7 nitrogen and oxygen atoms in total. The first-order valence-electron chi connectivity index (χ1n) is 7.14. The van der Waals surface area contributed by atoms with Crippen LogP contribution in [0.25, 0.3) is 0 Å². The van der Waals surface area contributed by atoms with Crippen molar-refractivity contribution in [3.63, 3.8) is 0 Å². The number of hydrogen-bond donors (Lipinski definition) is 2. The number of aromatic nitrogens is 3. The van der Waals surface area contributed by atoms with Gasteiger partial charge in [0.05, 0.1) is 5.56 Å². The van der Waals surface area contributed by atoms with Gasteiger partial charge < -0.3 is 15.0 Å². The molecule has 1 fully saturated rings. The molecule has 7 heteroatoms. The van der Waals surface area contributed by atoms with E-state index in [0.29, 0.717) is 24.6 Å². The summed E-state index contributed by atoms with van der Waals surface area (Å²) in [6.07, 6.45) is 3.96. The van der Waals surface area contributed by atoms with Gasteiger partial charge in [-0.25, -0.2) is 4.79 Å². The molecule has 1 heterocycles. The summed E-state index contributed by atoms with van der Waals surface area (Å²) in [7, 11) is 0. The molecule has 114 valence electrons. The number of rotatable bonds is 6. The van der Waals surface area contributed by atoms with E-state index in [1.165, 1.54) is 12.1 Å². The molecule has 0 spiro atoms. The zero-order chi connectivity index (χ0) is 15.5. The fourth-order valence-corrected chi connectivity index (χ4v) is 2.28. The van der Waals surface area contributed by atoms with Gasteiger partial charge in [0.2, 0.25) is 0 Å². The van der Waals surface area contributed by atoms with Gasteiger partial charge in [-0.05, 0) is 31.0 Å². The highest BCUT2D eigenvalue weighted by Gasteiger charge is 2.28. The van der Waals surface area contributed by atoms with Gasteiger partial charge in [0.25, 0.3) is 5.91 Å².